The van der Waals surface area contributed by atoms with Gasteiger partial charge in [0.2, 0.25) is 0 Å². The van der Waals surface area contributed by atoms with Crippen LogP contribution in [0.3, 0.4) is 0 Å². The monoisotopic (exact) mass is 171 g/mol. The summed E-state index contributed by atoms with van der Waals surface area (Å²) in [6.45, 7) is -0.102. The van der Waals surface area contributed by atoms with E-state index in [0.717, 1.165) is 0 Å². The standard InChI is InChI=1S/C7H10FN3O/c8-2-1-3-12-7-10-4-6(9)5-11-7/h4-5H,1-3,9H2. The summed E-state index contributed by atoms with van der Waals surface area (Å²) in [4.78, 5) is 7.54. The van der Waals surface area contributed by atoms with Gasteiger partial charge in [0.15, 0.2) is 0 Å². The number of nitrogen functional groups attached to an aromatic ring is 1. The Kier molecular flexibility index (Phi) is 3.25. The third kappa shape index (κ3) is 2.69. The van der Waals surface area contributed by atoms with E-state index < -0.39 is 6.67 Å². The Balaban J connectivity index is 2.37. The van der Waals surface area contributed by atoms with Gasteiger partial charge in [0.1, 0.15) is 0 Å². The largest absolute Gasteiger partial charge is 0.463 e. The number of anilines is 1. The fourth-order valence-corrected chi connectivity index (χ4v) is 0.619. The first-order valence-corrected chi connectivity index (χ1v) is 3.59. The Hall–Kier alpha value is -1.39. The van der Waals surface area contributed by atoms with Crippen molar-refractivity contribution in [3.8, 4) is 6.01 Å². The maximum absolute atomic E-state index is 11.6. The number of nitrogens with two attached hydrogens (primary N) is 1. The van der Waals surface area contributed by atoms with E-state index in [2.05, 4.69) is 9.97 Å². The van der Waals surface area contributed by atoms with Crippen LogP contribution in [0.1, 0.15) is 6.42 Å². The maximum Gasteiger partial charge on any atom is 0.316 e. The van der Waals surface area contributed by atoms with Gasteiger partial charge in [-0.1, -0.05) is 0 Å². The predicted molar refractivity (Wildman–Crippen MR) is 42.5 cm³/mol. The molecule has 0 fully saturated rings. The van der Waals surface area contributed by atoms with Crippen LogP contribution >= 0.6 is 0 Å². The zero-order chi connectivity index (χ0) is 8.81. The molecule has 2 N–H and O–H groups in total. The molecule has 0 aliphatic heterocycles. The van der Waals surface area contributed by atoms with Gasteiger partial charge in [-0.2, -0.15) is 0 Å². The van der Waals surface area contributed by atoms with E-state index in [1.54, 1.807) is 0 Å². The van der Waals surface area contributed by atoms with Gasteiger partial charge in [0.25, 0.3) is 0 Å². The lowest BCUT2D eigenvalue weighted by atomic mass is 10.5. The summed E-state index contributed by atoms with van der Waals surface area (Å²) in [5.74, 6) is 0. The number of nitrogens with zero attached hydrogens (tertiary/aromatic N) is 2. The summed E-state index contributed by atoms with van der Waals surface area (Å²) in [5, 5.41) is 0. The Labute approximate surface area is 69.6 Å². The van der Waals surface area contributed by atoms with Gasteiger partial charge in [-0.05, 0) is 0 Å². The molecule has 12 heavy (non-hydrogen) atoms. The second-order valence-electron chi connectivity index (χ2n) is 2.19. The summed E-state index contributed by atoms with van der Waals surface area (Å²) in [5.41, 5.74) is 5.82. The Morgan fingerprint density at radius 2 is 2.08 bits per heavy atom. The maximum atomic E-state index is 11.6. The first-order valence-electron chi connectivity index (χ1n) is 3.59. The first kappa shape index (κ1) is 8.70. The second-order valence-corrected chi connectivity index (χ2v) is 2.19. The predicted octanol–water partition coefficient (Wildman–Crippen LogP) is 0.797. The zero-order valence-electron chi connectivity index (χ0n) is 6.53. The summed E-state index contributed by atoms with van der Waals surface area (Å²) < 4.78 is 16.6. The Morgan fingerprint density at radius 3 is 2.67 bits per heavy atom. The molecule has 4 nitrogen and oxygen atoms in total. The third-order valence-electron chi connectivity index (χ3n) is 1.16. The SMILES string of the molecule is Nc1cnc(OCCCF)nc1. The van der Waals surface area contributed by atoms with Crippen LogP contribution in [0.5, 0.6) is 6.01 Å². The minimum Gasteiger partial charge on any atom is -0.463 e. The van der Waals surface area contributed by atoms with Crippen LogP contribution in [-0.2, 0) is 0 Å². The summed E-state index contributed by atoms with van der Waals surface area (Å²) in [6, 6.07) is 0.234. The van der Waals surface area contributed by atoms with Crippen LogP contribution in [0.15, 0.2) is 12.4 Å². The first-order chi connectivity index (χ1) is 5.83. The molecule has 66 valence electrons. The van der Waals surface area contributed by atoms with Crippen molar-refractivity contribution < 1.29 is 9.13 Å². The van der Waals surface area contributed by atoms with Gasteiger partial charge in [-0.3, -0.25) is 4.39 Å². The van der Waals surface area contributed by atoms with Crippen molar-refractivity contribution in [2.75, 3.05) is 19.0 Å². The van der Waals surface area contributed by atoms with Gasteiger partial charge in [0.05, 0.1) is 31.4 Å². The molecule has 0 aliphatic carbocycles. The van der Waals surface area contributed by atoms with E-state index in [1.165, 1.54) is 12.4 Å². The highest BCUT2D eigenvalue weighted by atomic mass is 19.1. The molecular formula is C7H10FN3O. The lowest BCUT2D eigenvalue weighted by Gasteiger charge is -2.01. The molecule has 0 saturated carbocycles. The molecule has 5 heteroatoms. The number of halogens is 1. The van der Waals surface area contributed by atoms with Crippen molar-refractivity contribution in [1.29, 1.82) is 0 Å². The average molecular weight is 171 g/mol. The van der Waals surface area contributed by atoms with E-state index in [-0.39, 0.29) is 6.01 Å². The van der Waals surface area contributed by atoms with Gasteiger partial charge in [-0.25, -0.2) is 9.97 Å². The number of hydrogen-bond acceptors (Lipinski definition) is 4. The van der Waals surface area contributed by atoms with Gasteiger partial charge in [-0.15, -0.1) is 0 Å². The Morgan fingerprint density at radius 1 is 1.42 bits per heavy atom. The van der Waals surface area contributed by atoms with E-state index in [9.17, 15) is 4.39 Å². The van der Waals surface area contributed by atoms with Crippen LogP contribution < -0.4 is 10.5 Å². The minimum absolute atomic E-state index is 0.234. The second kappa shape index (κ2) is 4.48. The lowest BCUT2D eigenvalue weighted by Crippen LogP contribution is -2.02. The quantitative estimate of drug-likeness (QED) is 0.680. The number of aromatic nitrogens is 2. The van der Waals surface area contributed by atoms with Crippen molar-refractivity contribution in [1.82, 2.24) is 9.97 Å². The van der Waals surface area contributed by atoms with Crippen LogP contribution in [0, 0.1) is 0 Å². The molecular weight excluding hydrogens is 161 g/mol. The molecule has 0 spiro atoms. The zero-order valence-corrected chi connectivity index (χ0v) is 6.53. The summed E-state index contributed by atoms with van der Waals surface area (Å²) >= 11 is 0. The van der Waals surface area contributed by atoms with E-state index in [1.807, 2.05) is 0 Å². The van der Waals surface area contributed by atoms with Crippen LogP contribution in [0.2, 0.25) is 0 Å². The molecule has 0 unspecified atom stereocenters. The van der Waals surface area contributed by atoms with Crippen molar-refractivity contribution in [2.24, 2.45) is 0 Å². The molecule has 1 aromatic rings. The van der Waals surface area contributed by atoms with Gasteiger partial charge < -0.3 is 10.5 Å². The van der Waals surface area contributed by atoms with E-state index in [0.29, 0.717) is 18.7 Å². The minimum atomic E-state index is -0.394. The van der Waals surface area contributed by atoms with Gasteiger partial charge >= 0.3 is 6.01 Å². The molecule has 0 amide bonds. The molecule has 0 bridgehead atoms. The van der Waals surface area contributed by atoms with Crippen LogP contribution in [-0.4, -0.2) is 23.2 Å². The van der Waals surface area contributed by atoms with Crippen molar-refractivity contribution in [3.05, 3.63) is 12.4 Å². The van der Waals surface area contributed by atoms with Gasteiger partial charge in [0, 0.05) is 6.42 Å². The van der Waals surface area contributed by atoms with Crippen LogP contribution in [0.4, 0.5) is 10.1 Å². The molecule has 0 aliphatic rings. The molecule has 0 atom stereocenters. The number of hydrogen-bond donors (Lipinski definition) is 1. The van der Waals surface area contributed by atoms with E-state index in [4.69, 9.17) is 10.5 Å². The topological polar surface area (TPSA) is 61.0 Å². The highest BCUT2D eigenvalue weighted by Gasteiger charge is 1.95. The van der Waals surface area contributed by atoms with Crippen molar-refractivity contribution in [3.63, 3.8) is 0 Å². The lowest BCUT2D eigenvalue weighted by molar-refractivity contribution is 0.269. The van der Waals surface area contributed by atoms with E-state index >= 15 is 0 Å². The molecule has 1 heterocycles. The number of ether oxygens (including phenoxy) is 1. The summed E-state index contributed by atoms with van der Waals surface area (Å²) in [7, 11) is 0. The van der Waals surface area contributed by atoms with Crippen molar-refractivity contribution in [2.45, 2.75) is 6.42 Å². The molecule has 1 rings (SSSR count). The fourth-order valence-electron chi connectivity index (χ4n) is 0.619. The third-order valence-corrected chi connectivity index (χ3v) is 1.16. The number of alkyl halides is 1. The van der Waals surface area contributed by atoms with Crippen LogP contribution in [0.25, 0.3) is 0 Å². The molecule has 0 radical (unpaired) electrons. The Bertz CT molecular complexity index is 227. The average Bonchev–Trinajstić information content (AvgIpc) is 2.09. The molecule has 0 saturated heterocycles. The van der Waals surface area contributed by atoms with Crippen molar-refractivity contribution >= 4 is 5.69 Å². The number of rotatable bonds is 4. The summed E-state index contributed by atoms with van der Waals surface area (Å²) in [6.07, 6.45) is 3.24. The normalized spacial score (nSPS) is 9.75. The fraction of sp³-hybridized carbons (Fsp3) is 0.429. The highest BCUT2D eigenvalue weighted by molar-refractivity contribution is 5.30. The highest BCUT2D eigenvalue weighted by Crippen LogP contribution is 2.03. The smallest absolute Gasteiger partial charge is 0.316 e. The molecule has 0 aromatic carbocycles. The molecule has 1 aromatic heterocycles.